The Kier molecular flexibility index (Phi) is 7.24. The molecule has 6 heteroatoms. The van der Waals surface area contributed by atoms with Gasteiger partial charge < -0.3 is 0 Å². The molecule has 0 amide bonds. The molecule has 8 rings (SSSR count). The smallest absolute Gasteiger partial charge is 0.0933 e. The second kappa shape index (κ2) is 10.8. The summed E-state index contributed by atoms with van der Waals surface area (Å²) in [6.45, 7) is 7.59. The summed E-state index contributed by atoms with van der Waals surface area (Å²) in [6, 6.07) is 10.9. The van der Waals surface area contributed by atoms with Gasteiger partial charge in [0, 0.05) is 30.7 Å². The lowest BCUT2D eigenvalue weighted by Gasteiger charge is -2.59. The molecule has 4 fully saturated rings. The molecule has 4 bridgehead atoms. The normalized spacial score (nSPS) is 29.8. The van der Waals surface area contributed by atoms with E-state index in [-0.39, 0.29) is 7.92 Å². The second-order valence-corrected chi connectivity index (χ2v) is 18.0. The third-order valence-corrected chi connectivity index (χ3v) is 15.4. The highest BCUT2D eigenvalue weighted by Gasteiger charge is 2.53. The molecule has 0 aliphatic heterocycles. The minimum absolute atomic E-state index is 0.229. The summed E-state index contributed by atoms with van der Waals surface area (Å²) in [5.41, 5.74) is 6.62. The zero-order valence-electron chi connectivity index (χ0n) is 24.5. The number of aromatic nitrogens is 4. The van der Waals surface area contributed by atoms with Gasteiger partial charge in [0.2, 0.25) is 0 Å². The van der Waals surface area contributed by atoms with Gasteiger partial charge in [-0.3, -0.25) is 19.9 Å². The zero-order chi connectivity index (χ0) is 28.2. The SMILES string of the molecule is CC(C)(C)P(CC1C=C(c2ccccc2)C=C1C(P)(c1cnccn1)c1cnccn1)C1C2CC3CC(C2)CC1C3. The van der Waals surface area contributed by atoms with Crippen LogP contribution in [0.3, 0.4) is 0 Å². The van der Waals surface area contributed by atoms with E-state index in [0.29, 0.717) is 11.1 Å². The van der Waals surface area contributed by atoms with Gasteiger partial charge in [0.15, 0.2) is 0 Å². The lowest BCUT2D eigenvalue weighted by atomic mass is 9.56. The standard InChI is InChI=1S/C35H42N4P2/c1-34(2,3)41(33-27-14-23-13-24(16-27)17-28(33)15-23)22-29-18-26(25-7-5-4-6-8-25)19-30(29)35(40,31-20-36-9-11-38-31)32-21-37-10-12-39-32/h4-12,18-21,23-24,27-29,33H,13-17,22,40H2,1-3H3. The predicted molar refractivity (Wildman–Crippen MR) is 173 cm³/mol. The highest BCUT2D eigenvalue weighted by Crippen LogP contribution is 2.69. The number of nitrogens with zero attached hydrogens (tertiary/aromatic N) is 4. The Morgan fingerprint density at radius 3 is 1.90 bits per heavy atom. The van der Waals surface area contributed by atoms with Crippen molar-refractivity contribution in [1.29, 1.82) is 0 Å². The van der Waals surface area contributed by atoms with Gasteiger partial charge in [-0.25, -0.2) is 0 Å². The quantitative estimate of drug-likeness (QED) is 0.265. The lowest BCUT2D eigenvalue weighted by Crippen LogP contribution is -2.49. The number of hydrogen-bond acceptors (Lipinski definition) is 4. The second-order valence-electron chi connectivity index (χ2n) is 13.9. The van der Waals surface area contributed by atoms with Gasteiger partial charge in [-0.2, -0.15) is 0 Å². The molecular formula is C35H42N4P2. The number of rotatable bonds is 7. The minimum atomic E-state index is -0.608. The molecule has 1 aromatic carbocycles. The summed E-state index contributed by atoms with van der Waals surface area (Å²) in [5, 5.41) is -0.310. The highest BCUT2D eigenvalue weighted by molar-refractivity contribution is 7.60. The molecular weight excluding hydrogens is 538 g/mol. The molecule has 0 radical (unpaired) electrons. The molecule has 0 spiro atoms. The van der Waals surface area contributed by atoms with Crippen LogP contribution in [-0.2, 0) is 5.16 Å². The van der Waals surface area contributed by atoms with Crippen LogP contribution in [-0.4, -0.2) is 36.9 Å². The molecule has 2 heterocycles. The molecule has 5 aliphatic rings. The van der Waals surface area contributed by atoms with Gasteiger partial charge in [-0.1, -0.05) is 71.2 Å². The van der Waals surface area contributed by atoms with Crippen molar-refractivity contribution in [2.45, 2.75) is 68.8 Å². The van der Waals surface area contributed by atoms with Crippen LogP contribution in [0, 0.1) is 29.6 Å². The minimum Gasteiger partial charge on any atom is -0.261 e. The predicted octanol–water partition coefficient (Wildman–Crippen LogP) is 8.13. The Balaban J connectivity index is 1.33. The van der Waals surface area contributed by atoms with E-state index in [9.17, 15) is 0 Å². The summed E-state index contributed by atoms with van der Waals surface area (Å²) in [4.78, 5) is 18.8. The number of hydrogen-bond donors (Lipinski definition) is 0. The Bertz CT molecular complexity index is 1360. The van der Waals surface area contributed by atoms with E-state index in [1.165, 1.54) is 55.0 Å². The van der Waals surface area contributed by atoms with Crippen molar-refractivity contribution in [3.05, 3.63) is 102 Å². The van der Waals surface area contributed by atoms with Crippen LogP contribution in [0.2, 0.25) is 0 Å². The molecule has 4 saturated carbocycles. The third kappa shape index (κ3) is 5.04. The van der Waals surface area contributed by atoms with Crippen LogP contribution in [0.1, 0.15) is 69.8 Å². The van der Waals surface area contributed by atoms with Crippen LogP contribution in [0.5, 0.6) is 0 Å². The van der Waals surface area contributed by atoms with E-state index in [0.717, 1.165) is 40.7 Å². The van der Waals surface area contributed by atoms with Crippen molar-refractivity contribution in [3.8, 4) is 0 Å². The van der Waals surface area contributed by atoms with Crippen LogP contribution in [0.25, 0.3) is 5.57 Å². The summed E-state index contributed by atoms with van der Waals surface area (Å²) >= 11 is 0. The van der Waals surface area contributed by atoms with Crippen molar-refractivity contribution in [2.24, 2.45) is 29.6 Å². The van der Waals surface area contributed by atoms with Crippen molar-refractivity contribution < 1.29 is 0 Å². The Labute approximate surface area is 249 Å². The highest BCUT2D eigenvalue weighted by atomic mass is 31.1. The van der Waals surface area contributed by atoms with Gasteiger partial charge in [0.25, 0.3) is 0 Å². The van der Waals surface area contributed by atoms with E-state index >= 15 is 0 Å². The van der Waals surface area contributed by atoms with Gasteiger partial charge in [-0.15, -0.1) is 9.24 Å². The van der Waals surface area contributed by atoms with Crippen LogP contribution < -0.4 is 0 Å². The topological polar surface area (TPSA) is 51.6 Å². The maximum atomic E-state index is 4.87. The Hall–Kier alpha value is -2.28. The van der Waals surface area contributed by atoms with Gasteiger partial charge in [0.05, 0.1) is 28.9 Å². The van der Waals surface area contributed by atoms with E-state index < -0.39 is 5.16 Å². The first kappa shape index (κ1) is 27.5. The molecule has 3 aromatic rings. The Morgan fingerprint density at radius 1 is 0.805 bits per heavy atom. The average Bonchev–Trinajstić information content (AvgIpc) is 3.41. The van der Waals surface area contributed by atoms with Gasteiger partial charge in [-0.05, 0) is 89.5 Å². The first-order valence-electron chi connectivity index (χ1n) is 15.4. The molecule has 4 nitrogen and oxygen atoms in total. The molecule has 0 N–H and O–H groups in total. The monoisotopic (exact) mass is 580 g/mol. The van der Waals surface area contributed by atoms with Crippen molar-refractivity contribution >= 4 is 22.7 Å². The summed E-state index contributed by atoms with van der Waals surface area (Å²) in [5.74, 6) is 4.18. The number of allylic oxidation sites excluding steroid dienone is 4. The molecule has 0 saturated heterocycles. The lowest BCUT2D eigenvalue weighted by molar-refractivity contribution is 0.0242. The number of benzene rings is 1. The zero-order valence-corrected chi connectivity index (χ0v) is 26.6. The van der Waals surface area contributed by atoms with E-state index in [2.05, 4.69) is 82.5 Å². The molecule has 3 unspecified atom stereocenters. The maximum absolute atomic E-state index is 4.87. The Morgan fingerprint density at radius 2 is 1.39 bits per heavy atom. The van der Waals surface area contributed by atoms with Crippen LogP contribution in [0.15, 0.2) is 85.2 Å². The van der Waals surface area contributed by atoms with Crippen molar-refractivity contribution in [2.75, 3.05) is 6.16 Å². The molecule has 212 valence electrons. The van der Waals surface area contributed by atoms with Crippen molar-refractivity contribution in [1.82, 2.24) is 19.9 Å². The van der Waals surface area contributed by atoms with E-state index in [1.54, 1.807) is 24.8 Å². The first-order chi connectivity index (χ1) is 19.8. The molecule has 41 heavy (non-hydrogen) atoms. The first-order valence-corrected chi connectivity index (χ1v) is 17.6. The molecule has 5 aliphatic carbocycles. The van der Waals surface area contributed by atoms with Gasteiger partial charge >= 0.3 is 0 Å². The largest absolute Gasteiger partial charge is 0.261 e. The fourth-order valence-electron chi connectivity index (χ4n) is 8.89. The van der Waals surface area contributed by atoms with Crippen LogP contribution in [0.4, 0.5) is 0 Å². The summed E-state index contributed by atoms with van der Waals surface area (Å²) in [6.07, 6.45) is 24.6. The average molecular weight is 581 g/mol. The fraction of sp³-hybridized carbons (Fsp3) is 0.486. The van der Waals surface area contributed by atoms with E-state index in [1.807, 2.05) is 12.4 Å². The summed E-state index contributed by atoms with van der Waals surface area (Å²) < 4.78 is 0. The van der Waals surface area contributed by atoms with E-state index in [4.69, 9.17) is 9.97 Å². The van der Waals surface area contributed by atoms with Crippen molar-refractivity contribution in [3.63, 3.8) is 0 Å². The summed E-state index contributed by atoms with van der Waals surface area (Å²) in [7, 11) is 2.94. The van der Waals surface area contributed by atoms with Gasteiger partial charge in [0.1, 0.15) is 0 Å². The fourth-order valence-corrected chi connectivity index (χ4v) is 13.4. The maximum Gasteiger partial charge on any atom is 0.0933 e. The molecule has 3 atom stereocenters. The molecule has 2 aromatic heterocycles. The van der Waals surface area contributed by atoms with Crippen LogP contribution >= 0.6 is 17.2 Å². The third-order valence-electron chi connectivity index (χ3n) is 10.4.